The molecule has 7 heteroatoms. The molecule has 2 aromatic carbocycles. The van der Waals surface area contributed by atoms with Crippen molar-refractivity contribution in [2.24, 2.45) is 4.99 Å². The third-order valence-electron chi connectivity index (χ3n) is 3.45. The quantitative estimate of drug-likeness (QED) is 0.361. The van der Waals surface area contributed by atoms with Crippen LogP contribution in [0.4, 0.5) is 5.69 Å². The smallest absolute Gasteiger partial charge is 0.363 e. The maximum atomic E-state index is 12.0. The molecule has 0 spiro atoms. The Bertz CT molecular complexity index is 885. The summed E-state index contributed by atoms with van der Waals surface area (Å²) in [6.07, 6.45) is 1.56. The van der Waals surface area contributed by atoms with Gasteiger partial charge in [-0.2, -0.15) is 0 Å². The lowest BCUT2D eigenvalue weighted by Gasteiger charge is -2.02. The molecule has 3 rings (SSSR count). The molecule has 0 atom stereocenters. The van der Waals surface area contributed by atoms with E-state index in [0.29, 0.717) is 6.61 Å². The second-order valence-electron chi connectivity index (χ2n) is 5.11. The van der Waals surface area contributed by atoms with Crippen LogP contribution in [0.3, 0.4) is 0 Å². The first-order valence-corrected chi connectivity index (χ1v) is 7.57. The lowest BCUT2D eigenvalue weighted by molar-refractivity contribution is -0.385. The zero-order chi connectivity index (χ0) is 17.8. The molecule has 25 heavy (non-hydrogen) atoms. The zero-order valence-corrected chi connectivity index (χ0v) is 13.3. The fourth-order valence-electron chi connectivity index (χ4n) is 2.32. The van der Waals surface area contributed by atoms with Crippen molar-refractivity contribution in [2.75, 3.05) is 6.61 Å². The Hall–Kier alpha value is -3.48. The summed E-state index contributed by atoms with van der Waals surface area (Å²) in [4.78, 5) is 26.7. The molecule has 1 heterocycles. The van der Waals surface area contributed by atoms with Crippen molar-refractivity contribution in [1.29, 1.82) is 0 Å². The normalized spacial score (nSPS) is 15.0. The topological polar surface area (TPSA) is 91.0 Å². The van der Waals surface area contributed by atoms with Crippen molar-refractivity contribution >= 4 is 23.6 Å². The molecule has 0 aromatic heterocycles. The van der Waals surface area contributed by atoms with Gasteiger partial charge in [0.2, 0.25) is 5.90 Å². The van der Waals surface area contributed by atoms with Gasteiger partial charge in [0, 0.05) is 6.07 Å². The highest BCUT2D eigenvalue weighted by Crippen LogP contribution is 2.25. The lowest BCUT2D eigenvalue weighted by Crippen LogP contribution is -2.07. The molecule has 0 N–H and O–H groups in total. The van der Waals surface area contributed by atoms with Crippen LogP contribution in [-0.4, -0.2) is 23.4 Å². The van der Waals surface area contributed by atoms with Gasteiger partial charge in [-0.3, -0.25) is 10.1 Å². The summed E-state index contributed by atoms with van der Waals surface area (Å²) in [6.45, 7) is 2.46. The number of hydrogen-bond acceptors (Lipinski definition) is 6. The van der Waals surface area contributed by atoms with Gasteiger partial charge in [0.15, 0.2) is 5.70 Å². The summed E-state index contributed by atoms with van der Waals surface area (Å²) in [7, 11) is 0. The number of hydrogen-bond donors (Lipinski definition) is 0. The molecule has 0 fully saturated rings. The van der Waals surface area contributed by atoms with E-state index in [-0.39, 0.29) is 22.8 Å². The number of para-hydroxylation sites is 1. The van der Waals surface area contributed by atoms with E-state index in [1.807, 2.05) is 6.92 Å². The zero-order valence-electron chi connectivity index (χ0n) is 13.3. The molecular weight excluding hydrogens is 324 g/mol. The second-order valence-corrected chi connectivity index (χ2v) is 5.11. The van der Waals surface area contributed by atoms with Gasteiger partial charge in [0.05, 0.1) is 11.5 Å². The third kappa shape index (κ3) is 3.55. The maximum Gasteiger partial charge on any atom is 0.363 e. The van der Waals surface area contributed by atoms with E-state index >= 15 is 0 Å². The van der Waals surface area contributed by atoms with Gasteiger partial charge in [-0.15, -0.1) is 0 Å². The number of esters is 1. The highest BCUT2D eigenvalue weighted by molar-refractivity contribution is 6.14. The van der Waals surface area contributed by atoms with Crippen LogP contribution in [0.5, 0.6) is 5.75 Å². The Labute approximate surface area is 143 Å². The minimum atomic E-state index is -0.651. The fourth-order valence-corrected chi connectivity index (χ4v) is 2.32. The van der Waals surface area contributed by atoms with Crippen LogP contribution in [0, 0.1) is 10.1 Å². The molecule has 0 unspecified atom stereocenters. The molecule has 0 amide bonds. The van der Waals surface area contributed by atoms with Crippen LogP contribution in [0.25, 0.3) is 6.08 Å². The summed E-state index contributed by atoms with van der Waals surface area (Å²) < 4.78 is 10.5. The summed E-state index contributed by atoms with van der Waals surface area (Å²) in [5.41, 5.74) is 0.813. The maximum absolute atomic E-state index is 12.0. The highest BCUT2D eigenvalue weighted by Gasteiger charge is 2.28. The van der Waals surface area contributed by atoms with Crippen molar-refractivity contribution in [3.05, 3.63) is 75.5 Å². The van der Waals surface area contributed by atoms with E-state index in [2.05, 4.69) is 4.99 Å². The monoisotopic (exact) mass is 338 g/mol. The van der Waals surface area contributed by atoms with Crippen molar-refractivity contribution in [3.8, 4) is 5.75 Å². The van der Waals surface area contributed by atoms with Gasteiger partial charge < -0.3 is 9.47 Å². The molecule has 1 aliphatic rings. The highest BCUT2D eigenvalue weighted by atomic mass is 16.6. The number of nitro groups is 1. The molecule has 7 nitrogen and oxygen atoms in total. The number of cyclic esters (lactones) is 1. The molecule has 126 valence electrons. The summed E-state index contributed by atoms with van der Waals surface area (Å²) in [6, 6.07) is 13.1. The predicted molar refractivity (Wildman–Crippen MR) is 91.3 cm³/mol. The first kappa shape index (κ1) is 16.4. The van der Waals surface area contributed by atoms with Gasteiger partial charge in [-0.25, -0.2) is 9.79 Å². The Morgan fingerprint density at radius 3 is 2.60 bits per heavy atom. The van der Waals surface area contributed by atoms with Crippen LogP contribution in [-0.2, 0) is 9.53 Å². The number of carbonyl (C=O) groups excluding carboxylic acids is 1. The van der Waals surface area contributed by atoms with Crippen LogP contribution in [0.1, 0.15) is 18.1 Å². The summed E-state index contributed by atoms with van der Waals surface area (Å²) >= 11 is 0. The van der Waals surface area contributed by atoms with Crippen LogP contribution in [0.2, 0.25) is 0 Å². The minimum absolute atomic E-state index is 0.0745. The Kier molecular flexibility index (Phi) is 4.56. The molecule has 0 bridgehead atoms. The number of aliphatic imine (C=N–C) groups is 1. The SMILES string of the molecule is CCOc1ccc(C=C2N=C(c3ccccc3[N+](=O)[O-])OC2=O)cc1. The van der Waals surface area contributed by atoms with Gasteiger partial charge in [0.1, 0.15) is 11.3 Å². The molecule has 0 aliphatic carbocycles. The van der Waals surface area contributed by atoms with Crippen LogP contribution < -0.4 is 4.74 Å². The Morgan fingerprint density at radius 1 is 1.20 bits per heavy atom. The van der Waals surface area contributed by atoms with Crippen LogP contribution in [0.15, 0.2) is 59.2 Å². The van der Waals surface area contributed by atoms with Crippen molar-refractivity contribution in [1.82, 2.24) is 0 Å². The van der Waals surface area contributed by atoms with Crippen molar-refractivity contribution in [2.45, 2.75) is 6.92 Å². The number of carbonyl (C=O) groups is 1. The lowest BCUT2D eigenvalue weighted by atomic mass is 10.2. The molecule has 2 aromatic rings. The number of nitrogens with zero attached hydrogens (tertiary/aromatic N) is 2. The third-order valence-corrected chi connectivity index (χ3v) is 3.45. The number of ether oxygens (including phenoxy) is 2. The fraction of sp³-hybridized carbons (Fsp3) is 0.111. The van der Waals surface area contributed by atoms with Gasteiger partial charge in [-0.05, 0) is 36.8 Å². The predicted octanol–water partition coefficient (Wildman–Crippen LogP) is 3.34. The first-order valence-electron chi connectivity index (χ1n) is 7.57. The molecule has 0 radical (unpaired) electrons. The van der Waals surface area contributed by atoms with E-state index in [4.69, 9.17) is 9.47 Å². The second kappa shape index (κ2) is 6.96. The van der Waals surface area contributed by atoms with Crippen molar-refractivity contribution < 1.29 is 19.2 Å². The first-order chi connectivity index (χ1) is 12.1. The standard InChI is InChI=1S/C18H14N2O5/c1-2-24-13-9-7-12(8-10-13)11-15-18(21)25-17(19-15)14-5-3-4-6-16(14)20(22)23/h3-11H,2H2,1H3. The molecule has 1 aliphatic heterocycles. The Balaban J connectivity index is 1.91. The number of nitro benzene ring substituents is 1. The molecular formula is C18H14N2O5. The number of rotatable bonds is 5. The summed E-state index contributed by atoms with van der Waals surface area (Å²) in [5, 5.41) is 11.1. The van der Waals surface area contributed by atoms with E-state index in [0.717, 1.165) is 11.3 Å². The molecule has 0 saturated carbocycles. The average Bonchev–Trinajstić information content (AvgIpc) is 2.97. The summed E-state index contributed by atoms with van der Waals surface area (Å²) in [5.74, 6) is -0.000675. The van der Waals surface area contributed by atoms with Crippen molar-refractivity contribution in [3.63, 3.8) is 0 Å². The van der Waals surface area contributed by atoms with Gasteiger partial charge in [0.25, 0.3) is 5.69 Å². The van der Waals surface area contributed by atoms with Crippen LogP contribution >= 0.6 is 0 Å². The largest absolute Gasteiger partial charge is 0.494 e. The Morgan fingerprint density at radius 2 is 1.92 bits per heavy atom. The van der Waals surface area contributed by atoms with Gasteiger partial charge in [-0.1, -0.05) is 24.3 Å². The van der Waals surface area contributed by atoms with Gasteiger partial charge >= 0.3 is 5.97 Å². The molecule has 0 saturated heterocycles. The average molecular weight is 338 g/mol. The van der Waals surface area contributed by atoms with E-state index < -0.39 is 10.9 Å². The minimum Gasteiger partial charge on any atom is -0.494 e. The van der Waals surface area contributed by atoms with E-state index in [9.17, 15) is 14.9 Å². The number of benzene rings is 2. The van der Waals surface area contributed by atoms with E-state index in [1.165, 1.54) is 18.2 Å². The van der Waals surface area contributed by atoms with E-state index in [1.54, 1.807) is 36.4 Å².